The zero-order chi connectivity index (χ0) is 18.3. The lowest BCUT2D eigenvalue weighted by molar-refractivity contribution is -0.135. The molecule has 0 aromatic carbocycles. The van der Waals surface area contributed by atoms with Gasteiger partial charge in [-0.2, -0.15) is 0 Å². The van der Waals surface area contributed by atoms with Crippen LogP contribution in [-0.2, 0) is 9.59 Å². The van der Waals surface area contributed by atoms with Crippen molar-refractivity contribution in [1.82, 2.24) is 15.1 Å². The Labute approximate surface area is 142 Å². The molecule has 0 saturated heterocycles. The fraction of sp³-hybridized carbons (Fsp3) is 0.778. The Kier molecular flexibility index (Phi) is 9.13. The highest BCUT2D eigenvalue weighted by Crippen LogP contribution is 2.13. The molecule has 0 heterocycles. The van der Waals surface area contributed by atoms with Gasteiger partial charge in [-0.1, -0.05) is 39.3 Å². The molecule has 0 aliphatic heterocycles. The van der Waals surface area contributed by atoms with Crippen LogP contribution < -0.4 is 5.32 Å². The summed E-state index contributed by atoms with van der Waals surface area (Å²) in [5.41, 5.74) is 1.18. The largest absolute Gasteiger partial charge is 0.346 e. The Morgan fingerprint density at radius 1 is 1.00 bits per heavy atom. The normalized spacial score (nSPS) is 13.9. The topological polar surface area (TPSA) is 52.7 Å². The van der Waals surface area contributed by atoms with E-state index in [0.717, 1.165) is 0 Å². The van der Waals surface area contributed by atoms with Crippen molar-refractivity contribution >= 4 is 11.8 Å². The molecule has 0 aliphatic rings. The summed E-state index contributed by atoms with van der Waals surface area (Å²) >= 11 is 0. The highest BCUT2D eigenvalue weighted by Gasteiger charge is 2.26. The maximum absolute atomic E-state index is 12.4. The van der Waals surface area contributed by atoms with E-state index in [-0.39, 0.29) is 36.4 Å². The molecular formula is C18H35N3O2. The van der Waals surface area contributed by atoms with Gasteiger partial charge in [0.25, 0.3) is 0 Å². The van der Waals surface area contributed by atoms with E-state index in [1.165, 1.54) is 5.57 Å². The Balaban J connectivity index is 4.81. The predicted octanol–water partition coefficient (Wildman–Crippen LogP) is 2.14. The van der Waals surface area contributed by atoms with Crippen LogP contribution in [0.5, 0.6) is 0 Å². The first kappa shape index (κ1) is 21.6. The van der Waals surface area contributed by atoms with Crippen molar-refractivity contribution in [1.29, 1.82) is 0 Å². The third-order valence-electron chi connectivity index (χ3n) is 3.90. The molecule has 0 aromatic heterocycles. The van der Waals surface area contributed by atoms with Crippen LogP contribution in [0.25, 0.3) is 0 Å². The minimum absolute atomic E-state index is 0.0339. The van der Waals surface area contributed by atoms with E-state index in [1.807, 2.05) is 46.7 Å². The van der Waals surface area contributed by atoms with Gasteiger partial charge in [0.05, 0.1) is 18.6 Å². The van der Waals surface area contributed by atoms with E-state index in [1.54, 1.807) is 11.9 Å². The molecule has 0 aromatic rings. The van der Waals surface area contributed by atoms with Crippen LogP contribution in [0.3, 0.4) is 0 Å². The molecule has 2 amide bonds. The van der Waals surface area contributed by atoms with Crippen LogP contribution in [0.4, 0.5) is 0 Å². The van der Waals surface area contributed by atoms with Gasteiger partial charge < -0.3 is 10.2 Å². The molecule has 0 radical (unpaired) electrons. The first-order valence-corrected chi connectivity index (χ1v) is 8.33. The third-order valence-corrected chi connectivity index (χ3v) is 3.90. The standard InChI is InChI=1S/C18H35N3O2/c1-12(2)10-15(13(3)4)21(9)16(22)11-19-18(23)17(14(5)6)20(7)8/h10,13-15,17H,11H2,1-9H3,(H,19,23). The number of carbonyl (C=O) groups is 2. The van der Waals surface area contributed by atoms with Crippen LogP contribution in [0.15, 0.2) is 11.6 Å². The quantitative estimate of drug-likeness (QED) is 0.696. The lowest BCUT2D eigenvalue weighted by atomic mass is 10.0. The molecule has 0 bridgehead atoms. The first-order valence-electron chi connectivity index (χ1n) is 8.33. The summed E-state index contributed by atoms with van der Waals surface area (Å²) in [5, 5.41) is 2.78. The number of nitrogens with one attached hydrogen (secondary N) is 1. The van der Waals surface area contributed by atoms with Crippen molar-refractivity contribution in [3.63, 3.8) is 0 Å². The van der Waals surface area contributed by atoms with Crippen molar-refractivity contribution in [3.05, 3.63) is 11.6 Å². The maximum Gasteiger partial charge on any atom is 0.242 e. The Morgan fingerprint density at radius 2 is 1.52 bits per heavy atom. The van der Waals surface area contributed by atoms with E-state index in [4.69, 9.17) is 0 Å². The number of nitrogens with zero attached hydrogens (tertiary/aromatic N) is 2. The van der Waals surface area contributed by atoms with Crippen molar-refractivity contribution in [2.24, 2.45) is 11.8 Å². The summed E-state index contributed by atoms with van der Waals surface area (Å²) in [6.45, 7) is 12.3. The zero-order valence-corrected chi connectivity index (χ0v) is 16.3. The van der Waals surface area contributed by atoms with Crippen LogP contribution in [-0.4, -0.2) is 61.4 Å². The number of allylic oxidation sites excluding steroid dienone is 1. The summed E-state index contributed by atoms with van der Waals surface area (Å²) < 4.78 is 0. The average molecular weight is 325 g/mol. The second-order valence-electron chi connectivity index (χ2n) is 7.35. The second kappa shape index (κ2) is 9.71. The number of amides is 2. The van der Waals surface area contributed by atoms with E-state index in [0.29, 0.717) is 5.92 Å². The average Bonchev–Trinajstić information content (AvgIpc) is 2.39. The van der Waals surface area contributed by atoms with E-state index >= 15 is 0 Å². The molecule has 0 spiro atoms. The minimum Gasteiger partial charge on any atom is -0.346 e. The van der Waals surface area contributed by atoms with Crippen molar-refractivity contribution in [2.75, 3.05) is 27.7 Å². The summed E-state index contributed by atoms with van der Waals surface area (Å²) in [4.78, 5) is 28.3. The highest BCUT2D eigenvalue weighted by molar-refractivity contribution is 5.87. The molecule has 0 fully saturated rings. The number of likely N-dealkylation sites (N-methyl/N-ethyl adjacent to an activating group) is 2. The van der Waals surface area contributed by atoms with E-state index < -0.39 is 0 Å². The molecule has 2 unspecified atom stereocenters. The van der Waals surface area contributed by atoms with Crippen LogP contribution in [0.1, 0.15) is 41.5 Å². The number of hydrogen-bond donors (Lipinski definition) is 1. The molecule has 5 heteroatoms. The van der Waals surface area contributed by atoms with Gasteiger partial charge in [-0.25, -0.2) is 0 Å². The van der Waals surface area contributed by atoms with Crippen LogP contribution in [0.2, 0.25) is 0 Å². The minimum atomic E-state index is -0.230. The molecular weight excluding hydrogens is 290 g/mol. The fourth-order valence-corrected chi connectivity index (χ4v) is 2.78. The van der Waals surface area contributed by atoms with Gasteiger partial charge in [-0.15, -0.1) is 0 Å². The summed E-state index contributed by atoms with van der Waals surface area (Å²) in [6.07, 6.45) is 2.10. The van der Waals surface area contributed by atoms with Gasteiger partial charge in [0.1, 0.15) is 0 Å². The van der Waals surface area contributed by atoms with Gasteiger partial charge in [0.15, 0.2) is 0 Å². The smallest absolute Gasteiger partial charge is 0.242 e. The van der Waals surface area contributed by atoms with Gasteiger partial charge in [0, 0.05) is 7.05 Å². The van der Waals surface area contributed by atoms with Crippen molar-refractivity contribution < 1.29 is 9.59 Å². The molecule has 1 N–H and O–H groups in total. The predicted molar refractivity (Wildman–Crippen MR) is 96.1 cm³/mol. The van der Waals surface area contributed by atoms with Gasteiger partial charge in [-0.05, 0) is 39.8 Å². The molecule has 5 nitrogen and oxygen atoms in total. The number of hydrogen-bond acceptors (Lipinski definition) is 3. The third kappa shape index (κ3) is 7.16. The van der Waals surface area contributed by atoms with Crippen molar-refractivity contribution in [2.45, 2.75) is 53.6 Å². The van der Waals surface area contributed by atoms with Gasteiger partial charge in [0.2, 0.25) is 11.8 Å². The number of rotatable bonds is 8. The van der Waals surface area contributed by atoms with Crippen LogP contribution in [0, 0.1) is 11.8 Å². The molecule has 0 saturated carbocycles. The zero-order valence-electron chi connectivity index (χ0n) is 16.3. The highest BCUT2D eigenvalue weighted by atomic mass is 16.2. The van der Waals surface area contributed by atoms with Crippen molar-refractivity contribution in [3.8, 4) is 0 Å². The monoisotopic (exact) mass is 325 g/mol. The van der Waals surface area contributed by atoms with E-state index in [9.17, 15) is 9.59 Å². The summed E-state index contributed by atoms with van der Waals surface area (Å²) in [7, 11) is 5.55. The summed E-state index contributed by atoms with van der Waals surface area (Å²) in [5.74, 6) is 0.331. The molecule has 0 aliphatic carbocycles. The molecule has 23 heavy (non-hydrogen) atoms. The fourth-order valence-electron chi connectivity index (χ4n) is 2.78. The van der Waals surface area contributed by atoms with Gasteiger partial charge >= 0.3 is 0 Å². The SMILES string of the molecule is CC(C)=CC(C(C)C)N(C)C(=O)CNC(=O)C(C(C)C)N(C)C. The van der Waals surface area contributed by atoms with E-state index in [2.05, 4.69) is 25.2 Å². The Morgan fingerprint density at radius 3 is 1.87 bits per heavy atom. The molecule has 2 atom stereocenters. The lowest BCUT2D eigenvalue weighted by Gasteiger charge is -2.30. The molecule has 0 rings (SSSR count). The second-order valence-corrected chi connectivity index (χ2v) is 7.35. The Hall–Kier alpha value is -1.36. The van der Waals surface area contributed by atoms with Gasteiger partial charge in [-0.3, -0.25) is 14.5 Å². The first-order chi connectivity index (χ1) is 10.5. The van der Waals surface area contributed by atoms with Crippen LogP contribution >= 0.6 is 0 Å². The lowest BCUT2D eigenvalue weighted by Crippen LogP contribution is -2.50. The maximum atomic E-state index is 12.4. The molecule has 134 valence electrons. The number of carbonyl (C=O) groups excluding carboxylic acids is 2. The Bertz CT molecular complexity index is 416. The summed E-state index contributed by atoms with van der Waals surface area (Å²) in [6, 6.07) is -0.189.